The van der Waals surface area contributed by atoms with Crippen LogP contribution in [-0.2, 0) is 23.8 Å². The van der Waals surface area contributed by atoms with E-state index in [-0.39, 0.29) is 24.2 Å². The van der Waals surface area contributed by atoms with Gasteiger partial charge in [-0.2, -0.15) is 5.10 Å². The molecule has 3 aromatic rings. The van der Waals surface area contributed by atoms with Crippen molar-refractivity contribution in [3.8, 4) is 0 Å². The molecule has 9 heteroatoms. The van der Waals surface area contributed by atoms with Gasteiger partial charge in [0.05, 0.1) is 6.20 Å². The third-order valence-electron chi connectivity index (χ3n) is 5.71. The van der Waals surface area contributed by atoms with Gasteiger partial charge in [0.2, 0.25) is 5.91 Å². The molecule has 0 atom stereocenters. The van der Waals surface area contributed by atoms with Crippen molar-refractivity contribution in [3.63, 3.8) is 0 Å². The monoisotopic (exact) mass is 401 g/mol. The minimum Gasteiger partial charge on any atom is -0.354 e. The maximum Gasteiger partial charge on any atom is 0.264 e. The molecule has 1 fully saturated rings. The van der Waals surface area contributed by atoms with Crippen molar-refractivity contribution in [1.29, 1.82) is 0 Å². The second-order valence-corrected chi connectivity index (χ2v) is 7.54. The van der Waals surface area contributed by atoms with Gasteiger partial charge in [-0.15, -0.1) is 0 Å². The minimum atomic E-state index is -0.776. The molecule has 1 aliphatic carbocycles. The van der Waals surface area contributed by atoms with E-state index in [0.29, 0.717) is 23.9 Å². The van der Waals surface area contributed by atoms with Crippen LogP contribution in [0.4, 0.5) is 8.78 Å². The van der Waals surface area contributed by atoms with Crippen LogP contribution in [0.2, 0.25) is 0 Å². The van der Waals surface area contributed by atoms with Crippen molar-refractivity contribution in [2.24, 2.45) is 7.05 Å². The van der Waals surface area contributed by atoms with Crippen LogP contribution in [0.5, 0.6) is 0 Å². The number of hydrogen-bond donors (Lipinski definition) is 1. The van der Waals surface area contributed by atoms with Crippen LogP contribution in [-0.4, -0.2) is 31.8 Å². The molecule has 2 heterocycles. The first-order chi connectivity index (χ1) is 13.9. The third-order valence-corrected chi connectivity index (χ3v) is 5.71. The van der Waals surface area contributed by atoms with E-state index in [1.54, 1.807) is 7.05 Å². The zero-order valence-corrected chi connectivity index (χ0v) is 16.0. The molecule has 0 aliphatic heterocycles. The number of carbonyl (C=O) groups excluding carboxylic acids is 1. The van der Waals surface area contributed by atoms with Crippen LogP contribution in [0.15, 0.2) is 35.5 Å². The Morgan fingerprint density at radius 3 is 2.62 bits per heavy atom. The fourth-order valence-electron chi connectivity index (χ4n) is 4.23. The first-order valence-corrected chi connectivity index (χ1v) is 9.50. The molecule has 1 amide bonds. The lowest BCUT2D eigenvalue weighted by Crippen LogP contribution is -2.42. The molecule has 152 valence electrons. The highest BCUT2D eigenvalue weighted by Crippen LogP contribution is 2.42. The molecular formula is C20H21F2N5O2. The van der Waals surface area contributed by atoms with Gasteiger partial charge in [0.15, 0.2) is 5.65 Å². The zero-order chi connectivity index (χ0) is 20.6. The van der Waals surface area contributed by atoms with Crippen molar-refractivity contribution < 1.29 is 13.6 Å². The molecule has 4 rings (SSSR count). The molecule has 2 aromatic heterocycles. The SMILES string of the molecule is Cn1ncc2c(=O)n(CC(=O)NCC3(c4c(F)cccc4F)CCCC3)cnc21. The van der Waals surface area contributed by atoms with Gasteiger partial charge in [0.25, 0.3) is 5.56 Å². The Labute approximate surface area is 165 Å². The van der Waals surface area contributed by atoms with E-state index in [9.17, 15) is 18.4 Å². The zero-order valence-electron chi connectivity index (χ0n) is 16.0. The molecule has 1 aliphatic rings. The molecule has 29 heavy (non-hydrogen) atoms. The highest BCUT2D eigenvalue weighted by Gasteiger charge is 2.40. The van der Waals surface area contributed by atoms with Gasteiger partial charge in [0.1, 0.15) is 29.9 Å². The van der Waals surface area contributed by atoms with Crippen LogP contribution >= 0.6 is 0 Å². The summed E-state index contributed by atoms with van der Waals surface area (Å²) in [4.78, 5) is 29.2. The molecule has 0 saturated heterocycles. The summed E-state index contributed by atoms with van der Waals surface area (Å²) in [7, 11) is 1.68. The maximum absolute atomic E-state index is 14.4. The Bertz CT molecular complexity index is 1110. The Morgan fingerprint density at radius 1 is 1.24 bits per heavy atom. The van der Waals surface area contributed by atoms with Gasteiger partial charge in [-0.05, 0) is 25.0 Å². The molecule has 0 spiro atoms. The Hall–Kier alpha value is -3.10. The standard InChI is InChI=1S/C20H21F2N5O2/c1-26-18-13(9-25-26)19(29)27(12-24-18)10-16(28)23-11-20(7-2-3-8-20)17-14(21)5-4-6-15(17)22/h4-6,9,12H,2-3,7-8,10-11H2,1H3,(H,23,28). The van der Waals surface area contributed by atoms with Gasteiger partial charge in [-0.25, -0.2) is 13.8 Å². The van der Waals surface area contributed by atoms with Gasteiger partial charge >= 0.3 is 0 Å². The molecule has 7 nitrogen and oxygen atoms in total. The third kappa shape index (κ3) is 3.41. The largest absolute Gasteiger partial charge is 0.354 e. The summed E-state index contributed by atoms with van der Waals surface area (Å²) >= 11 is 0. The summed E-state index contributed by atoms with van der Waals surface area (Å²) in [5.41, 5.74) is -0.671. The van der Waals surface area contributed by atoms with Crippen molar-refractivity contribution >= 4 is 16.9 Å². The average Bonchev–Trinajstić information content (AvgIpc) is 3.31. The summed E-state index contributed by atoms with van der Waals surface area (Å²) in [5, 5.41) is 7.08. The number of fused-ring (bicyclic) bond motifs is 1. The normalized spacial score (nSPS) is 15.7. The fourth-order valence-corrected chi connectivity index (χ4v) is 4.23. The van der Waals surface area contributed by atoms with E-state index in [0.717, 1.165) is 12.8 Å². The van der Waals surface area contributed by atoms with E-state index in [2.05, 4.69) is 15.4 Å². The lowest BCUT2D eigenvalue weighted by molar-refractivity contribution is -0.122. The average molecular weight is 401 g/mol. The number of amides is 1. The second-order valence-electron chi connectivity index (χ2n) is 7.54. The van der Waals surface area contributed by atoms with Crippen molar-refractivity contribution in [2.75, 3.05) is 6.54 Å². The molecule has 1 N–H and O–H groups in total. The predicted octanol–water partition coefficient (Wildman–Crippen LogP) is 2.04. The van der Waals surface area contributed by atoms with E-state index < -0.39 is 23.0 Å². The van der Waals surface area contributed by atoms with Crippen LogP contribution in [0.3, 0.4) is 0 Å². The molecule has 1 saturated carbocycles. The van der Waals surface area contributed by atoms with Crippen LogP contribution in [0, 0.1) is 11.6 Å². The first kappa shape index (κ1) is 19.2. The highest BCUT2D eigenvalue weighted by molar-refractivity contribution is 5.77. The first-order valence-electron chi connectivity index (χ1n) is 9.50. The fraction of sp³-hybridized carbons (Fsp3) is 0.400. The summed E-state index contributed by atoms with van der Waals surface area (Å²) in [6.45, 7) is -0.118. The number of aryl methyl sites for hydroxylation is 1. The Morgan fingerprint density at radius 2 is 1.93 bits per heavy atom. The van der Waals surface area contributed by atoms with Crippen molar-refractivity contribution in [3.05, 3.63) is 58.3 Å². The van der Waals surface area contributed by atoms with Gasteiger partial charge in [0, 0.05) is 24.6 Å². The number of nitrogens with zero attached hydrogens (tertiary/aromatic N) is 4. The Balaban J connectivity index is 1.53. The quantitative estimate of drug-likeness (QED) is 0.709. The van der Waals surface area contributed by atoms with E-state index in [1.807, 2.05) is 0 Å². The lowest BCUT2D eigenvalue weighted by atomic mass is 9.78. The second kappa shape index (κ2) is 7.38. The maximum atomic E-state index is 14.4. The van der Waals surface area contributed by atoms with Crippen LogP contribution in [0.25, 0.3) is 11.0 Å². The van der Waals surface area contributed by atoms with Crippen molar-refractivity contribution in [2.45, 2.75) is 37.6 Å². The molecule has 0 unspecified atom stereocenters. The number of benzene rings is 1. The van der Waals surface area contributed by atoms with Gasteiger partial charge in [-0.1, -0.05) is 18.9 Å². The van der Waals surface area contributed by atoms with Gasteiger partial charge < -0.3 is 5.32 Å². The number of carbonyl (C=O) groups is 1. The number of nitrogens with one attached hydrogen (secondary N) is 1. The number of aromatic nitrogens is 4. The summed E-state index contributed by atoms with van der Waals surface area (Å²) in [6, 6.07) is 3.83. The smallest absolute Gasteiger partial charge is 0.264 e. The summed E-state index contributed by atoms with van der Waals surface area (Å²) in [5.74, 6) is -1.60. The van der Waals surface area contributed by atoms with E-state index in [1.165, 1.54) is 40.0 Å². The highest BCUT2D eigenvalue weighted by atomic mass is 19.1. The molecule has 0 bridgehead atoms. The van der Waals surface area contributed by atoms with Gasteiger partial charge in [-0.3, -0.25) is 18.8 Å². The lowest BCUT2D eigenvalue weighted by Gasteiger charge is -2.30. The number of hydrogen-bond acceptors (Lipinski definition) is 4. The van der Waals surface area contributed by atoms with Crippen LogP contribution in [0.1, 0.15) is 31.2 Å². The minimum absolute atomic E-state index is 0.0356. The Kier molecular flexibility index (Phi) is 4.89. The summed E-state index contributed by atoms with van der Waals surface area (Å²) < 4.78 is 31.5. The molecular weight excluding hydrogens is 380 g/mol. The van der Waals surface area contributed by atoms with Crippen LogP contribution < -0.4 is 10.9 Å². The topological polar surface area (TPSA) is 81.8 Å². The van der Waals surface area contributed by atoms with E-state index >= 15 is 0 Å². The summed E-state index contributed by atoms with van der Waals surface area (Å²) in [6.07, 6.45) is 5.57. The molecule has 0 radical (unpaired) electrons. The van der Waals surface area contributed by atoms with E-state index in [4.69, 9.17) is 0 Å². The number of rotatable bonds is 5. The number of halogens is 2. The van der Waals surface area contributed by atoms with Crippen molar-refractivity contribution in [1.82, 2.24) is 24.6 Å². The molecule has 1 aromatic carbocycles. The predicted molar refractivity (Wildman–Crippen MR) is 102 cm³/mol.